The average molecular weight is 355 g/mol. The fourth-order valence-electron chi connectivity index (χ4n) is 2.50. The van der Waals surface area contributed by atoms with Gasteiger partial charge in [0.15, 0.2) is 11.5 Å². The summed E-state index contributed by atoms with van der Waals surface area (Å²) in [6.45, 7) is 4.03. The van der Waals surface area contributed by atoms with E-state index < -0.39 is 11.8 Å². The molecule has 2 unspecified atom stereocenters. The molecular weight excluding hydrogens is 334 g/mol. The van der Waals surface area contributed by atoms with Crippen molar-refractivity contribution in [1.29, 1.82) is 0 Å². The second-order valence-corrected chi connectivity index (χ2v) is 6.07. The molecule has 2 amide bonds. The number of amides is 2. The molecule has 0 spiro atoms. The highest BCUT2D eigenvalue weighted by Crippen LogP contribution is 2.31. The largest absolute Gasteiger partial charge is 0.486 e. The number of benzene rings is 2. The molecule has 1 aliphatic heterocycles. The van der Waals surface area contributed by atoms with Crippen LogP contribution in [0.4, 0.5) is 5.69 Å². The van der Waals surface area contributed by atoms with Crippen molar-refractivity contribution >= 4 is 17.5 Å². The normalized spacial score (nSPS) is 16.5. The summed E-state index contributed by atoms with van der Waals surface area (Å²) in [4.78, 5) is 24.0. The summed E-state index contributed by atoms with van der Waals surface area (Å²) in [7, 11) is 0. The minimum Gasteiger partial charge on any atom is -0.486 e. The highest BCUT2D eigenvalue weighted by atomic mass is 16.6. The number of rotatable bonds is 4. The monoisotopic (exact) mass is 355 g/mol. The number of hydrogen-bond acceptors (Lipinski definition) is 5. The number of hydrazine groups is 1. The molecule has 1 heterocycles. The number of hydrogen-bond donors (Lipinski definition) is 3. The van der Waals surface area contributed by atoms with Gasteiger partial charge < -0.3 is 14.8 Å². The molecule has 3 rings (SSSR count). The van der Waals surface area contributed by atoms with E-state index in [0.717, 1.165) is 5.56 Å². The number of aryl methyl sites for hydroxylation is 1. The van der Waals surface area contributed by atoms with Crippen LogP contribution in [0.1, 0.15) is 12.5 Å². The predicted octanol–water partition coefficient (Wildman–Crippen LogP) is 1.78. The maximum absolute atomic E-state index is 12.0. The van der Waals surface area contributed by atoms with Gasteiger partial charge in [0.2, 0.25) is 0 Å². The third-order valence-corrected chi connectivity index (χ3v) is 4.10. The van der Waals surface area contributed by atoms with E-state index in [-0.39, 0.29) is 12.1 Å². The van der Waals surface area contributed by atoms with Crippen molar-refractivity contribution < 1.29 is 19.1 Å². The van der Waals surface area contributed by atoms with Crippen molar-refractivity contribution in [1.82, 2.24) is 10.9 Å². The molecule has 7 heteroatoms. The van der Waals surface area contributed by atoms with Gasteiger partial charge in [-0.3, -0.25) is 15.0 Å². The Morgan fingerprint density at radius 3 is 2.50 bits per heavy atom. The highest BCUT2D eigenvalue weighted by molar-refractivity contribution is 6.39. The molecule has 136 valence electrons. The Kier molecular flexibility index (Phi) is 5.38. The quantitative estimate of drug-likeness (QED) is 0.575. The molecule has 2 aromatic carbocycles. The van der Waals surface area contributed by atoms with E-state index in [1.807, 2.05) is 50.2 Å². The summed E-state index contributed by atoms with van der Waals surface area (Å²) < 4.78 is 11.5. The van der Waals surface area contributed by atoms with E-state index in [2.05, 4.69) is 16.2 Å². The zero-order chi connectivity index (χ0) is 18.5. The third kappa shape index (κ3) is 4.12. The van der Waals surface area contributed by atoms with Crippen molar-refractivity contribution in [2.45, 2.75) is 26.0 Å². The van der Waals surface area contributed by atoms with Gasteiger partial charge in [-0.15, -0.1) is 0 Å². The topological polar surface area (TPSA) is 88.7 Å². The molecule has 3 N–H and O–H groups in total. The van der Waals surface area contributed by atoms with Crippen molar-refractivity contribution in [3.8, 4) is 11.5 Å². The number of anilines is 1. The Balaban J connectivity index is 1.50. The molecule has 26 heavy (non-hydrogen) atoms. The van der Waals surface area contributed by atoms with Crippen molar-refractivity contribution in [2.75, 3.05) is 11.9 Å². The first kappa shape index (κ1) is 17.8. The number of carbonyl (C=O) groups excluding carboxylic acids is 2. The Hall–Kier alpha value is -3.06. The summed E-state index contributed by atoms with van der Waals surface area (Å²) in [5.74, 6) is -0.180. The minimum absolute atomic E-state index is 0.265. The van der Waals surface area contributed by atoms with Crippen molar-refractivity contribution in [2.24, 2.45) is 0 Å². The lowest BCUT2D eigenvalue weighted by molar-refractivity contribution is -0.137. The van der Waals surface area contributed by atoms with E-state index in [0.29, 0.717) is 23.8 Å². The van der Waals surface area contributed by atoms with Crippen LogP contribution in [0, 0.1) is 6.92 Å². The highest BCUT2D eigenvalue weighted by Gasteiger charge is 2.26. The maximum Gasteiger partial charge on any atom is 0.323 e. The van der Waals surface area contributed by atoms with Gasteiger partial charge in [0.25, 0.3) is 0 Å². The summed E-state index contributed by atoms with van der Waals surface area (Å²) in [5.41, 5.74) is 6.68. The van der Waals surface area contributed by atoms with E-state index in [4.69, 9.17) is 9.47 Å². The molecule has 0 aliphatic carbocycles. The molecule has 0 saturated carbocycles. The average Bonchev–Trinajstić information content (AvgIpc) is 2.67. The van der Waals surface area contributed by atoms with Crippen LogP contribution in [0.3, 0.4) is 0 Å². The Morgan fingerprint density at radius 2 is 1.73 bits per heavy atom. The number of carbonyl (C=O) groups is 2. The van der Waals surface area contributed by atoms with Crippen molar-refractivity contribution in [3.63, 3.8) is 0 Å². The first-order valence-corrected chi connectivity index (χ1v) is 8.35. The van der Waals surface area contributed by atoms with Crippen LogP contribution in [-0.2, 0) is 9.59 Å². The van der Waals surface area contributed by atoms with E-state index in [1.54, 1.807) is 12.1 Å². The fourth-order valence-corrected chi connectivity index (χ4v) is 2.50. The zero-order valence-corrected chi connectivity index (χ0v) is 14.6. The summed E-state index contributed by atoms with van der Waals surface area (Å²) in [6.07, 6.45) is -0.301. The van der Waals surface area contributed by atoms with Gasteiger partial charge in [-0.2, -0.15) is 0 Å². The number of fused-ring (bicyclic) bond motifs is 1. The molecule has 0 bridgehead atoms. The first-order chi connectivity index (χ1) is 12.5. The van der Waals surface area contributed by atoms with E-state index >= 15 is 0 Å². The van der Waals surface area contributed by atoms with Crippen LogP contribution in [0.5, 0.6) is 11.5 Å². The van der Waals surface area contributed by atoms with Gasteiger partial charge in [-0.1, -0.05) is 30.3 Å². The van der Waals surface area contributed by atoms with Crippen LogP contribution < -0.4 is 25.6 Å². The van der Waals surface area contributed by atoms with E-state index in [9.17, 15) is 9.59 Å². The molecule has 7 nitrogen and oxygen atoms in total. The van der Waals surface area contributed by atoms with Gasteiger partial charge in [0.05, 0.1) is 6.04 Å². The predicted molar refractivity (Wildman–Crippen MR) is 96.9 cm³/mol. The second kappa shape index (κ2) is 7.88. The fraction of sp³-hybridized carbons (Fsp3) is 0.263. The number of ether oxygens (including phenoxy) is 2. The lowest BCUT2D eigenvalue weighted by atomic mass is 10.2. The van der Waals surface area contributed by atoms with Gasteiger partial charge in [0.1, 0.15) is 12.7 Å². The Morgan fingerprint density at radius 1 is 1.04 bits per heavy atom. The summed E-state index contributed by atoms with van der Waals surface area (Å²) in [5, 5.41) is 2.58. The number of para-hydroxylation sites is 3. The molecule has 0 radical (unpaired) electrons. The molecule has 2 aromatic rings. The minimum atomic E-state index is -0.780. The smallest absolute Gasteiger partial charge is 0.323 e. The first-order valence-electron chi connectivity index (χ1n) is 8.35. The van der Waals surface area contributed by atoms with Crippen LogP contribution in [0.2, 0.25) is 0 Å². The van der Waals surface area contributed by atoms with Crippen molar-refractivity contribution in [3.05, 3.63) is 54.1 Å². The molecular formula is C19H21N3O4. The molecule has 0 fully saturated rings. The van der Waals surface area contributed by atoms with Gasteiger partial charge in [-0.05, 0) is 37.6 Å². The lowest BCUT2D eigenvalue weighted by Gasteiger charge is -2.30. The molecule has 2 atom stereocenters. The Labute approximate surface area is 151 Å². The molecule has 0 saturated heterocycles. The van der Waals surface area contributed by atoms with Crippen LogP contribution in [0.25, 0.3) is 0 Å². The number of nitrogens with one attached hydrogen (secondary N) is 3. The van der Waals surface area contributed by atoms with Gasteiger partial charge in [0, 0.05) is 5.69 Å². The van der Waals surface area contributed by atoms with Gasteiger partial charge in [-0.25, -0.2) is 5.43 Å². The zero-order valence-electron chi connectivity index (χ0n) is 14.6. The second-order valence-electron chi connectivity index (χ2n) is 6.07. The Bertz CT molecular complexity index is 809. The van der Waals surface area contributed by atoms with Crippen LogP contribution in [-0.4, -0.2) is 30.6 Å². The standard InChI is InChI=1S/C19H21N3O4/c1-12-7-3-4-8-14(12)20-18(23)19(24)22-21-13(2)17-11-25-15-9-5-6-10-16(15)26-17/h3-10,13,17,21H,11H2,1-2H3,(H,20,23)(H,22,24). The van der Waals surface area contributed by atoms with E-state index in [1.165, 1.54) is 0 Å². The molecule has 0 aromatic heterocycles. The van der Waals surface area contributed by atoms with Crippen LogP contribution in [0.15, 0.2) is 48.5 Å². The van der Waals surface area contributed by atoms with Gasteiger partial charge >= 0.3 is 11.8 Å². The summed E-state index contributed by atoms with van der Waals surface area (Å²) in [6, 6.07) is 14.4. The SMILES string of the molecule is Cc1ccccc1NC(=O)C(=O)NNC(C)C1COc2ccccc2O1. The van der Waals surface area contributed by atoms with Crippen LogP contribution >= 0.6 is 0 Å². The lowest BCUT2D eigenvalue weighted by Crippen LogP contribution is -2.54. The molecule has 1 aliphatic rings. The maximum atomic E-state index is 12.0. The summed E-state index contributed by atoms with van der Waals surface area (Å²) >= 11 is 0. The third-order valence-electron chi connectivity index (χ3n) is 4.10.